The minimum Gasteiger partial charge on any atom is -0.311 e. The van der Waals surface area contributed by atoms with Crippen LogP contribution >= 0.6 is 0 Å². The quantitative estimate of drug-likeness (QED) is 0.165. The second kappa shape index (κ2) is 13.3. The summed E-state index contributed by atoms with van der Waals surface area (Å²) in [4.78, 5) is 10.4. The predicted octanol–water partition coefficient (Wildman–Crippen LogP) is 13.2. The normalized spacial score (nSPS) is 18.3. The third kappa shape index (κ3) is 5.88. The number of hydrogen-bond acceptors (Lipinski definition) is 3. The molecule has 11 rings (SSSR count). The Morgan fingerprint density at radius 2 is 0.918 bits per heavy atom. The molecule has 1 aromatic heterocycles. The fraction of sp³-hybridized carbons (Fsp3) is 0.281. The van der Waals surface area contributed by atoms with Gasteiger partial charge in [0.05, 0.1) is 0 Å². The highest BCUT2D eigenvalue weighted by Gasteiger charge is 2.47. The van der Waals surface area contributed by atoms with Crippen LogP contribution in [0, 0.1) is 0 Å². The Morgan fingerprint density at radius 3 is 1.56 bits per heavy atom. The lowest BCUT2D eigenvalue weighted by molar-refractivity contribution is 0.332. The van der Waals surface area contributed by atoms with E-state index in [9.17, 15) is 0 Å². The first kappa shape index (κ1) is 38.1. The van der Waals surface area contributed by atoms with Crippen LogP contribution in [0.1, 0.15) is 103 Å². The molecule has 4 aliphatic rings. The Kier molecular flexibility index (Phi) is 8.31. The molecule has 0 spiro atoms. The number of nitrogens with zero attached hydrogens (tertiary/aromatic N) is 3. The minimum absolute atomic E-state index is 0.0115. The zero-order chi connectivity index (χ0) is 42.1. The molecule has 0 radical (unpaired) electrons. The van der Waals surface area contributed by atoms with Crippen LogP contribution in [0.3, 0.4) is 0 Å². The van der Waals surface area contributed by atoms with Gasteiger partial charge in [-0.1, -0.05) is 152 Å². The molecule has 0 saturated carbocycles. The SMILES string of the molecule is CC1(C)CCC(C)(C)c2cc(N3c4cc5c(cc4B4c6cc(-c7ccccc7)ccc6N(c6ccc(-c7ccccc7)cc6)c6nccc3c64)C(C)(C)CCC5(C)C)ccc21. The number of rotatable bonds is 4. The van der Waals surface area contributed by atoms with Gasteiger partial charge < -0.3 is 4.90 Å². The lowest BCUT2D eigenvalue weighted by Crippen LogP contribution is -2.62. The van der Waals surface area contributed by atoms with E-state index in [0.717, 1.165) is 11.5 Å². The van der Waals surface area contributed by atoms with Crippen LogP contribution in [0.15, 0.2) is 146 Å². The molecular formula is C57H56BN3. The van der Waals surface area contributed by atoms with Gasteiger partial charge in [-0.2, -0.15) is 0 Å². The molecule has 0 bridgehead atoms. The van der Waals surface area contributed by atoms with Crippen molar-refractivity contribution in [1.82, 2.24) is 4.98 Å². The average Bonchev–Trinajstić information content (AvgIpc) is 3.27. The molecule has 7 aromatic rings. The number of aromatic nitrogens is 1. The molecule has 2 aliphatic heterocycles. The first-order valence-corrected chi connectivity index (χ1v) is 22.5. The van der Waals surface area contributed by atoms with Crippen molar-refractivity contribution in [2.75, 3.05) is 9.80 Å². The fourth-order valence-corrected chi connectivity index (χ4v) is 11.4. The van der Waals surface area contributed by atoms with E-state index >= 15 is 0 Å². The van der Waals surface area contributed by atoms with Crippen LogP contribution < -0.4 is 26.2 Å². The van der Waals surface area contributed by atoms with Crippen molar-refractivity contribution < 1.29 is 0 Å². The van der Waals surface area contributed by atoms with Crippen LogP contribution in [-0.4, -0.2) is 11.7 Å². The van der Waals surface area contributed by atoms with E-state index in [1.165, 1.54) is 109 Å². The largest absolute Gasteiger partial charge is 0.311 e. The van der Waals surface area contributed by atoms with E-state index in [2.05, 4.69) is 211 Å². The van der Waals surface area contributed by atoms with E-state index in [4.69, 9.17) is 4.98 Å². The third-order valence-corrected chi connectivity index (χ3v) is 15.3. The van der Waals surface area contributed by atoms with Crippen LogP contribution in [0.4, 0.5) is 34.3 Å². The van der Waals surface area contributed by atoms with Gasteiger partial charge in [0.15, 0.2) is 0 Å². The van der Waals surface area contributed by atoms with Gasteiger partial charge in [0, 0.05) is 34.6 Å². The molecular weight excluding hydrogens is 737 g/mol. The summed E-state index contributed by atoms with van der Waals surface area (Å²) in [7, 11) is 0. The van der Waals surface area contributed by atoms with Gasteiger partial charge in [-0.25, -0.2) is 4.98 Å². The zero-order valence-corrected chi connectivity index (χ0v) is 37.1. The van der Waals surface area contributed by atoms with Crippen molar-refractivity contribution in [1.29, 1.82) is 0 Å². The van der Waals surface area contributed by atoms with Gasteiger partial charge in [0.25, 0.3) is 6.71 Å². The number of benzene rings is 6. The maximum Gasteiger partial charge on any atom is 0.254 e. The number of hydrogen-bond donors (Lipinski definition) is 0. The molecule has 2 aliphatic carbocycles. The molecule has 302 valence electrons. The van der Waals surface area contributed by atoms with Crippen LogP contribution in [0.2, 0.25) is 0 Å². The Bertz CT molecular complexity index is 2870. The van der Waals surface area contributed by atoms with Crippen LogP contribution in [0.5, 0.6) is 0 Å². The summed E-state index contributed by atoms with van der Waals surface area (Å²) in [6, 6.07) is 52.7. The summed E-state index contributed by atoms with van der Waals surface area (Å²) in [5, 5.41) is 0. The molecule has 0 amide bonds. The number of anilines is 6. The highest BCUT2D eigenvalue weighted by atomic mass is 15.2. The lowest BCUT2D eigenvalue weighted by Gasteiger charge is -2.47. The maximum absolute atomic E-state index is 5.38. The van der Waals surface area contributed by atoms with Crippen molar-refractivity contribution in [2.24, 2.45) is 0 Å². The highest BCUT2D eigenvalue weighted by molar-refractivity contribution is 7.00. The topological polar surface area (TPSA) is 19.4 Å². The number of fused-ring (bicyclic) bond motifs is 6. The standard InChI is InChI=1S/C57H56BN3/c1-54(2)28-29-55(3,4)44-34-42(24-25-43(44)54)60-50-27-32-59-53-52(50)58(48-35-45-46(36-51(48)60)57(7,8)31-30-56(45,5)6)47-33-40(38-17-13-10-14-18-38)21-26-49(47)61(53)41-22-19-39(20-23-41)37-15-11-9-12-16-37/h9-27,32-36H,28-31H2,1-8H3. The first-order chi connectivity index (χ1) is 29.2. The maximum atomic E-state index is 5.38. The molecule has 3 heterocycles. The monoisotopic (exact) mass is 793 g/mol. The molecule has 0 unspecified atom stereocenters. The summed E-state index contributed by atoms with van der Waals surface area (Å²) >= 11 is 0. The van der Waals surface area contributed by atoms with Crippen LogP contribution in [0.25, 0.3) is 22.3 Å². The predicted molar refractivity (Wildman–Crippen MR) is 260 cm³/mol. The van der Waals surface area contributed by atoms with Gasteiger partial charge >= 0.3 is 0 Å². The van der Waals surface area contributed by atoms with E-state index in [-0.39, 0.29) is 28.4 Å². The number of pyridine rings is 1. The fourth-order valence-electron chi connectivity index (χ4n) is 11.4. The Balaban J connectivity index is 1.21. The molecule has 4 heteroatoms. The molecule has 6 aromatic carbocycles. The van der Waals surface area contributed by atoms with Gasteiger partial charge in [-0.3, -0.25) is 4.90 Å². The van der Waals surface area contributed by atoms with Gasteiger partial charge in [0.2, 0.25) is 0 Å². The van der Waals surface area contributed by atoms with Crippen molar-refractivity contribution in [3.05, 3.63) is 168 Å². The highest BCUT2D eigenvalue weighted by Crippen LogP contribution is 2.52. The molecule has 0 N–H and O–H groups in total. The summed E-state index contributed by atoms with van der Waals surface area (Å²) < 4.78 is 0. The van der Waals surface area contributed by atoms with Crippen molar-refractivity contribution in [2.45, 2.75) is 103 Å². The Morgan fingerprint density at radius 1 is 0.410 bits per heavy atom. The van der Waals surface area contributed by atoms with E-state index in [0.29, 0.717) is 0 Å². The van der Waals surface area contributed by atoms with Gasteiger partial charge in [-0.15, -0.1) is 0 Å². The van der Waals surface area contributed by atoms with Gasteiger partial charge in [-0.05, 0) is 151 Å². The van der Waals surface area contributed by atoms with E-state index in [1.807, 2.05) is 0 Å². The minimum atomic E-state index is -0.0115. The van der Waals surface area contributed by atoms with Crippen LogP contribution in [-0.2, 0) is 21.7 Å². The zero-order valence-electron chi connectivity index (χ0n) is 37.1. The Labute approximate surface area is 363 Å². The smallest absolute Gasteiger partial charge is 0.254 e. The van der Waals surface area contributed by atoms with Crippen molar-refractivity contribution >= 4 is 57.4 Å². The van der Waals surface area contributed by atoms with E-state index < -0.39 is 0 Å². The molecule has 0 fully saturated rings. The first-order valence-electron chi connectivity index (χ1n) is 22.5. The molecule has 0 saturated heterocycles. The third-order valence-electron chi connectivity index (χ3n) is 15.3. The average molecular weight is 794 g/mol. The second-order valence-electron chi connectivity index (χ2n) is 20.9. The van der Waals surface area contributed by atoms with Gasteiger partial charge in [0.1, 0.15) is 5.82 Å². The van der Waals surface area contributed by atoms with Crippen molar-refractivity contribution in [3.63, 3.8) is 0 Å². The Hall–Kier alpha value is -5.87. The summed E-state index contributed by atoms with van der Waals surface area (Å²) in [6.07, 6.45) is 6.76. The summed E-state index contributed by atoms with van der Waals surface area (Å²) in [5.41, 5.74) is 21.1. The molecule has 0 atom stereocenters. The summed E-state index contributed by atoms with van der Waals surface area (Å²) in [5.74, 6) is 1.00. The summed E-state index contributed by atoms with van der Waals surface area (Å²) in [6.45, 7) is 19.6. The van der Waals surface area contributed by atoms with E-state index in [1.54, 1.807) is 0 Å². The second-order valence-corrected chi connectivity index (χ2v) is 20.9. The lowest BCUT2D eigenvalue weighted by atomic mass is 9.33. The van der Waals surface area contributed by atoms with Crippen molar-refractivity contribution in [3.8, 4) is 22.3 Å². The molecule has 3 nitrogen and oxygen atoms in total. The molecule has 61 heavy (non-hydrogen) atoms.